The Morgan fingerprint density at radius 3 is 2.21 bits per heavy atom. The molecule has 0 saturated carbocycles. The van der Waals surface area contributed by atoms with Crippen molar-refractivity contribution in [3.63, 3.8) is 0 Å². The molecule has 0 amide bonds. The maximum atomic E-state index is 5.55. The van der Waals surface area contributed by atoms with Crippen molar-refractivity contribution in [2.75, 3.05) is 13.2 Å². The first-order valence-corrected chi connectivity index (χ1v) is 5.91. The van der Waals surface area contributed by atoms with Crippen LogP contribution in [0.25, 0.3) is 0 Å². The molecule has 0 rings (SSSR count). The van der Waals surface area contributed by atoms with Gasteiger partial charge in [-0.3, -0.25) is 0 Å². The fraction of sp³-hybridized carbons (Fsp3) is 1.00. The second kappa shape index (κ2) is 8.25. The van der Waals surface area contributed by atoms with Crippen molar-refractivity contribution in [2.45, 2.75) is 59.6 Å². The summed E-state index contributed by atoms with van der Waals surface area (Å²) in [5, 5.41) is 3.48. The smallest absolute Gasteiger partial charge is 0.0518 e. The summed E-state index contributed by atoms with van der Waals surface area (Å²) >= 11 is 0. The van der Waals surface area contributed by atoms with Crippen molar-refractivity contribution in [3.05, 3.63) is 0 Å². The second-order valence-corrected chi connectivity index (χ2v) is 4.55. The highest BCUT2D eigenvalue weighted by atomic mass is 16.5. The number of ether oxygens (including phenoxy) is 1. The molecule has 0 aromatic carbocycles. The number of nitrogens with one attached hydrogen (secondary N) is 1. The fourth-order valence-electron chi connectivity index (χ4n) is 1.32. The van der Waals surface area contributed by atoms with Gasteiger partial charge in [-0.25, -0.2) is 0 Å². The normalized spacial score (nSPS) is 13.9. The van der Waals surface area contributed by atoms with Crippen LogP contribution in [-0.4, -0.2) is 25.3 Å². The zero-order chi connectivity index (χ0) is 11.0. The predicted octanol–water partition coefficient (Wildman–Crippen LogP) is 2.83. The van der Waals surface area contributed by atoms with E-state index in [1.807, 2.05) is 0 Å². The first-order valence-electron chi connectivity index (χ1n) is 5.91. The van der Waals surface area contributed by atoms with Crippen LogP contribution in [0.1, 0.15) is 47.5 Å². The largest absolute Gasteiger partial charge is 0.379 e. The Balaban J connectivity index is 3.48. The Hall–Kier alpha value is -0.0800. The van der Waals surface area contributed by atoms with Crippen LogP contribution in [-0.2, 0) is 4.74 Å². The summed E-state index contributed by atoms with van der Waals surface area (Å²) in [5.41, 5.74) is 0. The molecule has 0 spiro atoms. The van der Waals surface area contributed by atoms with Gasteiger partial charge in [0.15, 0.2) is 0 Å². The van der Waals surface area contributed by atoms with Crippen molar-refractivity contribution in [3.8, 4) is 0 Å². The van der Waals surface area contributed by atoms with Gasteiger partial charge < -0.3 is 10.1 Å². The molecule has 0 aliphatic heterocycles. The van der Waals surface area contributed by atoms with Crippen molar-refractivity contribution < 1.29 is 4.74 Å². The maximum absolute atomic E-state index is 5.55. The molecule has 0 heterocycles. The van der Waals surface area contributed by atoms with Gasteiger partial charge >= 0.3 is 0 Å². The zero-order valence-electron chi connectivity index (χ0n) is 10.5. The lowest BCUT2D eigenvalue weighted by molar-refractivity contribution is 0.0678. The highest BCUT2D eigenvalue weighted by Crippen LogP contribution is 2.08. The SMILES string of the molecule is CCC(CCOC(C)C)CNC(C)C. The van der Waals surface area contributed by atoms with Crippen LogP contribution in [0.15, 0.2) is 0 Å². The monoisotopic (exact) mass is 201 g/mol. The molecule has 0 aromatic rings. The number of rotatable bonds is 8. The predicted molar refractivity (Wildman–Crippen MR) is 62.6 cm³/mol. The average molecular weight is 201 g/mol. The van der Waals surface area contributed by atoms with Crippen LogP contribution in [0.4, 0.5) is 0 Å². The summed E-state index contributed by atoms with van der Waals surface area (Å²) < 4.78 is 5.55. The number of hydrogen-bond acceptors (Lipinski definition) is 2. The van der Waals surface area contributed by atoms with E-state index >= 15 is 0 Å². The molecule has 2 nitrogen and oxygen atoms in total. The Labute approximate surface area is 89.4 Å². The fourth-order valence-corrected chi connectivity index (χ4v) is 1.32. The molecule has 0 aliphatic rings. The van der Waals surface area contributed by atoms with E-state index in [1.165, 1.54) is 12.8 Å². The molecule has 2 heteroatoms. The van der Waals surface area contributed by atoms with E-state index in [9.17, 15) is 0 Å². The molecule has 0 aromatic heterocycles. The Bertz CT molecular complexity index is 123. The lowest BCUT2D eigenvalue weighted by Gasteiger charge is -2.18. The average Bonchev–Trinajstić information content (AvgIpc) is 2.10. The van der Waals surface area contributed by atoms with E-state index < -0.39 is 0 Å². The summed E-state index contributed by atoms with van der Waals surface area (Å²) in [7, 11) is 0. The van der Waals surface area contributed by atoms with E-state index in [0.717, 1.165) is 19.1 Å². The molecule has 0 aliphatic carbocycles. The standard InChI is InChI=1S/C12H27NO/c1-6-12(9-13-10(2)3)7-8-14-11(4)5/h10-13H,6-9H2,1-5H3. The molecule has 1 N–H and O–H groups in total. The second-order valence-electron chi connectivity index (χ2n) is 4.55. The van der Waals surface area contributed by atoms with Gasteiger partial charge in [0.2, 0.25) is 0 Å². The van der Waals surface area contributed by atoms with Crippen LogP contribution in [0, 0.1) is 5.92 Å². The first-order chi connectivity index (χ1) is 6.56. The van der Waals surface area contributed by atoms with Crippen LogP contribution in [0.3, 0.4) is 0 Å². The van der Waals surface area contributed by atoms with E-state index in [-0.39, 0.29) is 0 Å². The molecule has 1 atom stereocenters. The summed E-state index contributed by atoms with van der Waals surface area (Å²) in [4.78, 5) is 0. The summed E-state index contributed by atoms with van der Waals surface area (Å²) in [6.07, 6.45) is 2.78. The minimum atomic E-state index is 0.366. The Morgan fingerprint density at radius 2 is 1.79 bits per heavy atom. The maximum Gasteiger partial charge on any atom is 0.0518 e. The molecular weight excluding hydrogens is 174 g/mol. The lowest BCUT2D eigenvalue weighted by Crippen LogP contribution is -2.29. The third kappa shape index (κ3) is 8.52. The van der Waals surface area contributed by atoms with E-state index in [1.54, 1.807) is 0 Å². The van der Waals surface area contributed by atoms with Crippen LogP contribution in [0.5, 0.6) is 0 Å². The van der Waals surface area contributed by atoms with Gasteiger partial charge in [-0.1, -0.05) is 27.2 Å². The Morgan fingerprint density at radius 1 is 1.14 bits per heavy atom. The van der Waals surface area contributed by atoms with Crippen LogP contribution >= 0.6 is 0 Å². The van der Waals surface area contributed by atoms with Gasteiger partial charge in [0.1, 0.15) is 0 Å². The summed E-state index contributed by atoms with van der Waals surface area (Å²) in [5.74, 6) is 0.760. The molecule has 0 radical (unpaired) electrons. The summed E-state index contributed by atoms with van der Waals surface area (Å²) in [6.45, 7) is 12.8. The molecule has 0 fully saturated rings. The van der Waals surface area contributed by atoms with Gasteiger partial charge in [0.25, 0.3) is 0 Å². The molecule has 86 valence electrons. The summed E-state index contributed by atoms with van der Waals surface area (Å²) in [6, 6.07) is 0.593. The topological polar surface area (TPSA) is 21.3 Å². The minimum absolute atomic E-state index is 0.366. The molecule has 14 heavy (non-hydrogen) atoms. The third-order valence-electron chi connectivity index (χ3n) is 2.37. The van der Waals surface area contributed by atoms with Gasteiger partial charge in [-0.2, -0.15) is 0 Å². The van der Waals surface area contributed by atoms with E-state index in [0.29, 0.717) is 12.1 Å². The lowest BCUT2D eigenvalue weighted by atomic mass is 10.0. The van der Waals surface area contributed by atoms with Crippen molar-refractivity contribution in [1.29, 1.82) is 0 Å². The van der Waals surface area contributed by atoms with Gasteiger partial charge in [-0.15, -0.1) is 0 Å². The van der Waals surface area contributed by atoms with Crippen molar-refractivity contribution >= 4 is 0 Å². The van der Waals surface area contributed by atoms with Gasteiger partial charge in [0, 0.05) is 12.6 Å². The van der Waals surface area contributed by atoms with Crippen molar-refractivity contribution in [2.24, 2.45) is 5.92 Å². The van der Waals surface area contributed by atoms with E-state index in [4.69, 9.17) is 4.74 Å². The minimum Gasteiger partial charge on any atom is -0.379 e. The van der Waals surface area contributed by atoms with Crippen LogP contribution in [0.2, 0.25) is 0 Å². The highest BCUT2D eigenvalue weighted by Gasteiger charge is 2.07. The first kappa shape index (κ1) is 13.9. The number of hydrogen-bond donors (Lipinski definition) is 1. The third-order valence-corrected chi connectivity index (χ3v) is 2.37. The van der Waals surface area contributed by atoms with E-state index in [2.05, 4.69) is 39.9 Å². The molecule has 0 bridgehead atoms. The molecule has 0 saturated heterocycles. The highest BCUT2D eigenvalue weighted by molar-refractivity contribution is 4.63. The van der Waals surface area contributed by atoms with Gasteiger partial charge in [0.05, 0.1) is 6.10 Å². The van der Waals surface area contributed by atoms with Gasteiger partial charge in [-0.05, 0) is 32.7 Å². The van der Waals surface area contributed by atoms with Crippen LogP contribution < -0.4 is 5.32 Å². The Kier molecular flexibility index (Phi) is 8.20. The molecular formula is C12H27NO. The molecule has 1 unspecified atom stereocenters. The quantitative estimate of drug-likeness (QED) is 0.652. The van der Waals surface area contributed by atoms with Crippen molar-refractivity contribution in [1.82, 2.24) is 5.32 Å². The zero-order valence-corrected chi connectivity index (χ0v) is 10.5.